The van der Waals surface area contributed by atoms with Crippen molar-refractivity contribution in [2.24, 2.45) is 0 Å². The number of aliphatic hydroxyl groups is 1. The van der Waals surface area contributed by atoms with Gasteiger partial charge in [0, 0.05) is 23.4 Å². The summed E-state index contributed by atoms with van der Waals surface area (Å²) in [6.07, 6.45) is 2.74. The van der Waals surface area contributed by atoms with E-state index in [4.69, 9.17) is 10.8 Å². The fourth-order valence-corrected chi connectivity index (χ4v) is 1.21. The number of anilines is 1. The van der Waals surface area contributed by atoms with Gasteiger partial charge in [0.25, 0.3) is 0 Å². The van der Waals surface area contributed by atoms with Crippen molar-refractivity contribution in [2.45, 2.75) is 13.0 Å². The van der Waals surface area contributed by atoms with Crippen LogP contribution in [0.5, 0.6) is 5.75 Å². The third kappa shape index (κ3) is 5.07. The molecule has 6 heteroatoms. The second-order valence-electron chi connectivity index (χ2n) is 3.74. The standard InChI is InChI=1S/C12H16N2O3.ClH/c1-8(7-15)14-12(17)5-2-9-6-10(13)3-4-11(9)16;/h2-6,8,15-16H,7,13H2,1H3,(H,14,17);1H. The summed E-state index contributed by atoms with van der Waals surface area (Å²) in [7, 11) is 0. The van der Waals surface area contributed by atoms with Crippen molar-refractivity contribution in [3.8, 4) is 5.75 Å². The van der Waals surface area contributed by atoms with Crippen LogP contribution < -0.4 is 11.1 Å². The Bertz CT molecular complexity index is 435. The number of carbonyl (C=O) groups excluding carboxylic acids is 1. The van der Waals surface area contributed by atoms with Gasteiger partial charge in [-0.1, -0.05) is 0 Å². The molecule has 18 heavy (non-hydrogen) atoms. The number of rotatable bonds is 4. The highest BCUT2D eigenvalue weighted by Gasteiger charge is 2.03. The highest BCUT2D eigenvalue weighted by molar-refractivity contribution is 5.92. The molecule has 1 aromatic rings. The summed E-state index contributed by atoms with van der Waals surface area (Å²) < 4.78 is 0. The molecule has 0 spiro atoms. The van der Waals surface area contributed by atoms with Crippen LogP contribution >= 0.6 is 12.4 Å². The zero-order chi connectivity index (χ0) is 12.8. The van der Waals surface area contributed by atoms with Crippen LogP contribution in [0.4, 0.5) is 5.69 Å². The SMILES string of the molecule is CC(CO)NC(=O)C=Cc1cc(N)ccc1O.Cl. The smallest absolute Gasteiger partial charge is 0.244 e. The Hall–Kier alpha value is -1.72. The van der Waals surface area contributed by atoms with Crippen molar-refractivity contribution < 1.29 is 15.0 Å². The van der Waals surface area contributed by atoms with Crippen molar-refractivity contribution >= 4 is 30.1 Å². The van der Waals surface area contributed by atoms with E-state index in [0.29, 0.717) is 11.3 Å². The molecule has 0 heterocycles. The van der Waals surface area contributed by atoms with E-state index >= 15 is 0 Å². The van der Waals surface area contributed by atoms with Gasteiger partial charge in [0.15, 0.2) is 0 Å². The lowest BCUT2D eigenvalue weighted by Gasteiger charge is -2.07. The van der Waals surface area contributed by atoms with Crippen LogP contribution in [0.15, 0.2) is 24.3 Å². The summed E-state index contributed by atoms with van der Waals surface area (Å²) in [5.41, 5.74) is 6.53. The van der Waals surface area contributed by atoms with E-state index in [1.807, 2.05) is 0 Å². The molecule has 1 aromatic carbocycles. The number of nitrogens with one attached hydrogen (secondary N) is 1. The molecule has 0 aliphatic rings. The summed E-state index contributed by atoms with van der Waals surface area (Å²) in [6, 6.07) is 4.29. The molecule has 0 saturated heterocycles. The summed E-state index contributed by atoms with van der Waals surface area (Å²) in [6.45, 7) is 1.56. The summed E-state index contributed by atoms with van der Waals surface area (Å²) in [5.74, 6) is -0.285. The molecular weight excluding hydrogens is 256 g/mol. The number of benzene rings is 1. The lowest BCUT2D eigenvalue weighted by atomic mass is 10.1. The molecule has 0 aliphatic heterocycles. The molecule has 0 saturated carbocycles. The molecule has 5 N–H and O–H groups in total. The third-order valence-corrected chi connectivity index (χ3v) is 2.13. The van der Waals surface area contributed by atoms with Gasteiger partial charge in [-0.3, -0.25) is 4.79 Å². The number of amides is 1. The van der Waals surface area contributed by atoms with E-state index < -0.39 is 0 Å². The molecule has 5 nitrogen and oxygen atoms in total. The second kappa shape index (κ2) is 7.58. The number of nitrogen functional groups attached to an aromatic ring is 1. The van der Waals surface area contributed by atoms with Crippen LogP contribution in [-0.4, -0.2) is 28.8 Å². The maximum Gasteiger partial charge on any atom is 0.244 e. The number of phenols is 1. The van der Waals surface area contributed by atoms with Crippen LogP contribution in [-0.2, 0) is 4.79 Å². The number of carbonyl (C=O) groups is 1. The van der Waals surface area contributed by atoms with Crippen LogP contribution in [0, 0.1) is 0 Å². The van der Waals surface area contributed by atoms with Crippen molar-refractivity contribution in [3.05, 3.63) is 29.8 Å². The molecule has 0 bridgehead atoms. The van der Waals surface area contributed by atoms with E-state index in [1.54, 1.807) is 19.1 Å². The molecule has 1 rings (SSSR count). The normalized spacial score (nSPS) is 11.9. The maximum absolute atomic E-state index is 11.4. The Morgan fingerprint density at radius 1 is 1.56 bits per heavy atom. The minimum absolute atomic E-state index is 0. The minimum atomic E-state index is -0.339. The van der Waals surface area contributed by atoms with Crippen LogP contribution in [0.3, 0.4) is 0 Å². The molecular formula is C12H17ClN2O3. The van der Waals surface area contributed by atoms with Gasteiger partial charge in [0.05, 0.1) is 6.61 Å². The Labute approximate surface area is 112 Å². The number of hydrogen-bond donors (Lipinski definition) is 4. The zero-order valence-corrected chi connectivity index (χ0v) is 10.8. The van der Waals surface area contributed by atoms with Crippen molar-refractivity contribution in [2.75, 3.05) is 12.3 Å². The zero-order valence-electron chi connectivity index (χ0n) is 9.96. The first-order valence-corrected chi connectivity index (χ1v) is 5.21. The average Bonchev–Trinajstić information content (AvgIpc) is 2.30. The largest absolute Gasteiger partial charge is 0.507 e. The molecule has 1 atom stereocenters. The van der Waals surface area contributed by atoms with Gasteiger partial charge >= 0.3 is 0 Å². The van der Waals surface area contributed by atoms with Gasteiger partial charge in [-0.2, -0.15) is 0 Å². The average molecular weight is 273 g/mol. The van der Waals surface area contributed by atoms with Gasteiger partial charge < -0.3 is 21.3 Å². The molecule has 0 fully saturated rings. The number of aliphatic hydroxyl groups excluding tert-OH is 1. The monoisotopic (exact) mass is 272 g/mol. The lowest BCUT2D eigenvalue weighted by Crippen LogP contribution is -2.33. The molecule has 0 aromatic heterocycles. The van der Waals surface area contributed by atoms with Gasteiger partial charge in [0.1, 0.15) is 5.75 Å². The Morgan fingerprint density at radius 3 is 2.83 bits per heavy atom. The van der Waals surface area contributed by atoms with E-state index in [9.17, 15) is 9.90 Å². The van der Waals surface area contributed by atoms with E-state index in [2.05, 4.69) is 5.32 Å². The maximum atomic E-state index is 11.4. The Morgan fingerprint density at radius 2 is 2.22 bits per heavy atom. The molecule has 1 amide bonds. The highest BCUT2D eigenvalue weighted by Crippen LogP contribution is 2.20. The molecule has 100 valence electrons. The number of aromatic hydroxyl groups is 1. The van der Waals surface area contributed by atoms with Crippen molar-refractivity contribution in [1.29, 1.82) is 0 Å². The summed E-state index contributed by atoms with van der Waals surface area (Å²) in [4.78, 5) is 11.4. The quantitative estimate of drug-likeness (QED) is 0.372. The van der Waals surface area contributed by atoms with Gasteiger partial charge in [-0.05, 0) is 31.2 Å². The van der Waals surface area contributed by atoms with Gasteiger partial charge in [-0.25, -0.2) is 0 Å². The predicted molar refractivity (Wildman–Crippen MR) is 73.5 cm³/mol. The van der Waals surface area contributed by atoms with E-state index in [-0.39, 0.29) is 36.7 Å². The first-order valence-electron chi connectivity index (χ1n) is 5.21. The second-order valence-corrected chi connectivity index (χ2v) is 3.74. The predicted octanol–water partition coefficient (Wildman–Crippen LogP) is 0.906. The fraction of sp³-hybridized carbons (Fsp3) is 0.250. The van der Waals surface area contributed by atoms with E-state index in [1.165, 1.54) is 18.2 Å². The third-order valence-electron chi connectivity index (χ3n) is 2.13. The van der Waals surface area contributed by atoms with Crippen molar-refractivity contribution in [1.82, 2.24) is 5.32 Å². The van der Waals surface area contributed by atoms with Crippen molar-refractivity contribution in [3.63, 3.8) is 0 Å². The Balaban J connectivity index is 0.00000289. The number of hydrogen-bond acceptors (Lipinski definition) is 4. The van der Waals surface area contributed by atoms with Crippen LogP contribution in [0.2, 0.25) is 0 Å². The molecule has 0 radical (unpaired) electrons. The van der Waals surface area contributed by atoms with Crippen LogP contribution in [0.25, 0.3) is 6.08 Å². The van der Waals surface area contributed by atoms with E-state index in [0.717, 1.165) is 0 Å². The number of nitrogens with two attached hydrogens (primary N) is 1. The first-order chi connectivity index (χ1) is 8.02. The van der Waals surface area contributed by atoms with Gasteiger partial charge in [0.2, 0.25) is 5.91 Å². The number of phenolic OH excluding ortho intramolecular Hbond substituents is 1. The summed E-state index contributed by atoms with van der Waals surface area (Å²) >= 11 is 0. The topological polar surface area (TPSA) is 95.6 Å². The fourth-order valence-electron chi connectivity index (χ4n) is 1.21. The molecule has 0 aliphatic carbocycles. The number of halogens is 1. The van der Waals surface area contributed by atoms with Crippen LogP contribution in [0.1, 0.15) is 12.5 Å². The summed E-state index contributed by atoms with van der Waals surface area (Å²) in [5, 5.41) is 20.8. The Kier molecular flexibility index (Phi) is 6.85. The lowest BCUT2D eigenvalue weighted by molar-refractivity contribution is -0.117. The molecule has 1 unspecified atom stereocenters. The first kappa shape index (κ1) is 16.3. The van der Waals surface area contributed by atoms with Gasteiger partial charge in [-0.15, -0.1) is 12.4 Å². The minimum Gasteiger partial charge on any atom is -0.507 e. The highest BCUT2D eigenvalue weighted by atomic mass is 35.5.